The molecule has 8 heteroatoms. The standard InChI is InChI=1S/C34H46N4O3S/c1-10-13-17-29(11-2)23-26(5)38(8)28(7)42-27(6)16-14-15-18-31-19-20-32(37-36-31)35-33(39)22-25(4)21-30(12-3)24-34(40)41-9/h10-13,17,19-21H,1,5-7,14-16,18,22-24H2,2-4,8-9H3,(H,35,37,39)/b17-13-,25-21+,29-11+,30-12+. The third kappa shape index (κ3) is 14.6. The minimum Gasteiger partial charge on any atom is -0.469 e. The number of aromatic nitrogens is 2. The topological polar surface area (TPSA) is 84.4 Å². The number of carbonyl (C=O) groups excluding carboxylic acids is 2. The van der Waals surface area contributed by atoms with Gasteiger partial charge in [-0.1, -0.05) is 80.1 Å². The number of hydrogen-bond donors (Lipinski definition) is 1. The summed E-state index contributed by atoms with van der Waals surface area (Å²) in [6.07, 6.45) is 16.1. The number of rotatable bonds is 19. The maximum atomic E-state index is 12.4. The second-order valence-corrected chi connectivity index (χ2v) is 11.0. The van der Waals surface area contributed by atoms with Gasteiger partial charge in [-0.05, 0) is 74.6 Å². The molecule has 0 fully saturated rings. The number of allylic oxidation sites excluding steroid dienone is 8. The summed E-state index contributed by atoms with van der Waals surface area (Å²) in [4.78, 5) is 27.0. The van der Waals surface area contributed by atoms with E-state index in [2.05, 4.69) is 47.9 Å². The third-order valence-corrected chi connectivity index (χ3v) is 7.28. The predicted molar refractivity (Wildman–Crippen MR) is 177 cm³/mol. The highest BCUT2D eigenvalue weighted by molar-refractivity contribution is 8.06. The van der Waals surface area contributed by atoms with E-state index in [-0.39, 0.29) is 24.7 Å². The van der Waals surface area contributed by atoms with Gasteiger partial charge in [0.2, 0.25) is 5.91 Å². The van der Waals surface area contributed by atoms with Crippen LogP contribution in [0.25, 0.3) is 0 Å². The molecule has 7 nitrogen and oxygen atoms in total. The Morgan fingerprint density at radius 2 is 1.76 bits per heavy atom. The number of hydrogen-bond acceptors (Lipinski definition) is 7. The number of nitrogens with one attached hydrogen (secondary N) is 1. The molecule has 0 spiro atoms. The van der Waals surface area contributed by atoms with E-state index in [1.807, 2.05) is 63.1 Å². The Balaban J connectivity index is 2.44. The van der Waals surface area contributed by atoms with Crippen molar-refractivity contribution in [3.63, 3.8) is 0 Å². The lowest BCUT2D eigenvalue weighted by atomic mass is 10.1. The predicted octanol–water partition coefficient (Wildman–Crippen LogP) is 8.22. The van der Waals surface area contributed by atoms with E-state index in [0.29, 0.717) is 5.82 Å². The Morgan fingerprint density at radius 3 is 2.36 bits per heavy atom. The molecule has 1 aromatic rings. The van der Waals surface area contributed by atoms with Gasteiger partial charge in [-0.2, -0.15) is 5.10 Å². The van der Waals surface area contributed by atoms with E-state index in [1.165, 1.54) is 12.7 Å². The molecule has 0 aliphatic rings. The molecule has 1 aromatic heterocycles. The Kier molecular flexibility index (Phi) is 17.2. The van der Waals surface area contributed by atoms with Crippen molar-refractivity contribution in [1.82, 2.24) is 15.1 Å². The number of methoxy groups -OCH3 is 1. The van der Waals surface area contributed by atoms with Gasteiger partial charge in [-0.3, -0.25) is 9.59 Å². The van der Waals surface area contributed by atoms with Crippen LogP contribution in [0, 0.1) is 0 Å². The van der Waals surface area contributed by atoms with Crippen LogP contribution >= 0.6 is 11.8 Å². The van der Waals surface area contributed by atoms with Crippen molar-refractivity contribution in [2.75, 3.05) is 19.5 Å². The fourth-order valence-corrected chi connectivity index (χ4v) is 4.58. The first-order valence-electron chi connectivity index (χ1n) is 13.9. The molecule has 42 heavy (non-hydrogen) atoms. The van der Waals surface area contributed by atoms with Crippen LogP contribution in [0.1, 0.15) is 65.0 Å². The highest BCUT2D eigenvalue weighted by Crippen LogP contribution is 2.31. The summed E-state index contributed by atoms with van der Waals surface area (Å²) in [6, 6.07) is 3.65. The first kappa shape index (κ1) is 36.1. The summed E-state index contributed by atoms with van der Waals surface area (Å²) in [6.45, 7) is 22.0. The lowest BCUT2D eigenvalue weighted by molar-refractivity contribution is -0.139. The van der Waals surface area contributed by atoms with E-state index in [9.17, 15) is 9.59 Å². The number of carbonyl (C=O) groups is 2. The molecule has 0 aliphatic carbocycles. The Labute approximate surface area is 256 Å². The molecule has 1 amide bonds. The van der Waals surface area contributed by atoms with E-state index in [1.54, 1.807) is 23.9 Å². The maximum Gasteiger partial charge on any atom is 0.309 e. The molecular weight excluding hydrogens is 544 g/mol. The summed E-state index contributed by atoms with van der Waals surface area (Å²) in [5, 5.41) is 12.1. The average Bonchev–Trinajstić information content (AvgIpc) is 2.96. The van der Waals surface area contributed by atoms with E-state index in [0.717, 1.165) is 64.6 Å². The SMILES string of the molecule is C=C/C=C\C(=C/C)CC(=C)N(C)C(=C)SC(=C)CCCCc1ccc(NC(=O)C/C(C)=C/C(=C\C)CC(=O)OC)nn1. The van der Waals surface area contributed by atoms with Gasteiger partial charge in [0.25, 0.3) is 0 Å². The van der Waals surface area contributed by atoms with Crippen molar-refractivity contribution in [3.8, 4) is 0 Å². The van der Waals surface area contributed by atoms with Crippen LogP contribution in [-0.4, -0.2) is 41.1 Å². The number of nitrogens with zero attached hydrogens (tertiary/aromatic N) is 3. The number of amides is 1. The maximum absolute atomic E-state index is 12.4. The molecule has 1 heterocycles. The zero-order valence-electron chi connectivity index (χ0n) is 25.9. The van der Waals surface area contributed by atoms with Crippen LogP contribution in [0.4, 0.5) is 5.82 Å². The van der Waals surface area contributed by atoms with Gasteiger partial charge >= 0.3 is 5.97 Å². The van der Waals surface area contributed by atoms with Crippen molar-refractivity contribution >= 4 is 29.5 Å². The summed E-state index contributed by atoms with van der Waals surface area (Å²) >= 11 is 1.58. The number of thioether (sulfide) groups is 1. The van der Waals surface area contributed by atoms with Crippen LogP contribution in [0.5, 0.6) is 0 Å². The number of aryl methyl sites for hydroxylation is 1. The normalized spacial score (nSPS) is 12.2. The zero-order chi connectivity index (χ0) is 31.5. The second kappa shape index (κ2) is 20.0. The highest BCUT2D eigenvalue weighted by Gasteiger charge is 2.11. The smallest absolute Gasteiger partial charge is 0.309 e. The third-order valence-electron chi connectivity index (χ3n) is 6.28. The Morgan fingerprint density at radius 1 is 1.05 bits per heavy atom. The molecule has 0 bridgehead atoms. The number of unbranched alkanes of at least 4 members (excludes halogenated alkanes) is 1. The van der Waals surface area contributed by atoms with Gasteiger partial charge < -0.3 is 15.0 Å². The molecule has 1 N–H and O–H groups in total. The van der Waals surface area contributed by atoms with Gasteiger partial charge in [0, 0.05) is 25.6 Å². The summed E-state index contributed by atoms with van der Waals surface area (Å²) in [7, 11) is 3.33. The van der Waals surface area contributed by atoms with Crippen molar-refractivity contribution in [3.05, 3.63) is 113 Å². The van der Waals surface area contributed by atoms with E-state index >= 15 is 0 Å². The molecule has 0 radical (unpaired) electrons. The van der Waals surface area contributed by atoms with Gasteiger partial charge in [-0.25, -0.2) is 0 Å². The number of esters is 1. The second-order valence-electron chi connectivity index (χ2n) is 9.74. The first-order valence-corrected chi connectivity index (χ1v) is 14.8. The average molecular weight is 591 g/mol. The van der Waals surface area contributed by atoms with Crippen LogP contribution < -0.4 is 5.32 Å². The van der Waals surface area contributed by atoms with Gasteiger partial charge in [0.1, 0.15) is 0 Å². The quantitative estimate of drug-likeness (QED) is 0.0987. The fourth-order valence-electron chi connectivity index (χ4n) is 3.74. The van der Waals surface area contributed by atoms with E-state index in [4.69, 9.17) is 4.74 Å². The Hall–Kier alpha value is -3.91. The first-order chi connectivity index (χ1) is 20.0. The molecular formula is C34H46N4O3S. The number of anilines is 1. The van der Waals surface area contributed by atoms with Gasteiger partial charge in [0.05, 0.1) is 24.3 Å². The van der Waals surface area contributed by atoms with Crippen molar-refractivity contribution in [1.29, 1.82) is 0 Å². The van der Waals surface area contributed by atoms with Crippen molar-refractivity contribution in [2.24, 2.45) is 0 Å². The lowest BCUT2D eigenvalue weighted by Crippen LogP contribution is -2.14. The molecule has 0 saturated heterocycles. The summed E-state index contributed by atoms with van der Waals surface area (Å²) in [5.41, 5.74) is 4.63. The molecule has 0 atom stereocenters. The van der Waals surface area contributed by atoms with Crippen LogP contribution in [0.3, 0.4) is 0 Å². The van der Waals surface area contributed by atoms with Gasteiger partial charge in [0.15, 0.2) is 5.82 Å². The monoisotopic (exact) mass is 590 g/mol. The summed E-state index contributed by atoms with van der Waals surface area (Å²) < 4.78 is 4.70. The molecule has 0 aliphatic heterocycles. The highest BCUT2D eigenvalue weighted by atomic mass is 32.2. The molecule has 1 rings (SSSR count). The zero-order valence-corrected chi connectivity index (χ0v) is 26.7. The fraction of sp³-hybridized carbons (Fsp3) is 0.353. The molecule has 0 saturated carbocycles. The summed E-state index contributed by atoms with van der Waals surface area (Å²) in [5.74, 6) is -0.109. The van der Waals surface area contributed by atoms with Crippen molar-refractivity contribution in [2.45, 2.75) is 65.7 Å². The largest absolute Gasteiger partial charge is 0.469 e. The van der Waals surface area contributed by atoms with Crippen molar-refractivity contribution < 1.29 is 14.3 Å². The minimum absolute atomic E-state index is 0.168. The Bertz CT molecular complexity index is 1240. The lowest BCUT2D eigenvalue weighted by Gasteiger charge is -2.24. The minimum atomic E-state index is -0.320. The van der Waals surface area contributed by atoms with Crippen LogP contribution in [0.2, 0.25) is 0 Å². The van der Waals surface area contributed by atoms with Gasteiger partial charge in [-0.15, -0.1) is 5.10 Å². The molecule has 0 aromatic carbocycles. The van der Waals surface area contributed by atoms with Crippen LogP contribution in [-0.2, 0) is 20.7 Å². The molecule has 226 valence electrons. The molecule has 0 unspecified atom stereocenters. The van der Waals surface area contributed by atoms with E-state index < -0.39 is 0 Å². The number of ether oxygens (including phenoxy) is 1. The van der Waals surface area contributed by atoms with Crippen LogP contribution in [0.15, 0.2) is 107 Å².